The van der Waals surface area contributed by atoms with Crippen LogP contribution in [-0.2, 0) is 13.7 Å². The molecule has 0 atom stereocenters. The molecule has 0 unspecified atom stereocenters. The molecule has 0 fully saturated rings. The molecule has 2 heterocycles. The summed E-state index contributed by atoms with van der Waals surface area (Å²) in [6.07, 6.45) is 0. The Balaban J connectivity index is 1.84. The van der Waals surface area contributed by atoms with Crippen molar-refractivity contribution in [2.45, 2.75) is 6.61 Å². The lowest BCUT2D eigenvalue weighted by Crippen LogP contribution is -1.97. The highest BCUT2D eigenvalue weighted by atomic mass is 16.5. The molecule has 0 amide bonds. The summed E-state index contributed by atoms with van der Waals surface area (Å²) in [5.74, 6) is 0.844. The molecule has 0 aliphatic rings. The van der Waals surface area contributed by atoms with Crippen LogP contribution >= 0.6 is 0 Å². The first kappa shape index (κ1) is 16.8. The molecule has 0 radical (unpaired) electrons. The van der Waals surface area contributed by atoms with Crippen molar-refractivity contribution >= 4 is 32.6 Å². The first-order valence-corrected chi connectivity index (χ1v) is 9.25. The Morgan fingerprint density at radius 1 is 0.929 bits per heavy atom. The summed E-state index contributed by atoms with van der Waals surface area (Å²) in [5, 5.41) is 14.3. The molecule has 3 aromatic carbocycles. The molecule has 0 spiro atoms. The van der Waals surface area contributed by atoms with Gasteiger partial charge in [-0.05, 0) is 41.1 Å². The number of aryl methyl sites for hydroxylation is 1. The molecular weight excluding hydrogens is 348 g/mol. The minimum atomic E-state index is -0.0864. The van der Waals surface area contributed by atoms with Crippen molar-refractivity contribution < 1.29 is 9.84 Å². The number of benzene rings is 3. The number of methoxy groups -OCH3 is 1. The number of aliphatic hydroxyl groups excluding tert-OH is 1. The molecule has 5 aromatic rings. The van der Waals surface area contributed by atoms with Crippen LogP contribution in [0.1, 0.15) is 5.69 Å². The van der Waals surface area contributed by atoms with Crippen molar-refractivity contribution in [2.75, 3.05) is 7.11 Å². The number of para-hydroxylation sites is 1. The van der Waals surface area contributed by atoms with Gasteiger partial charge in [-0.15, -0.1) is 0 Å². The zero-order chi connectivity index (χ0) is 19.3. The maximum atomic E-state index is 9.79. The van der Waals surface area contributed by atoms with Crippen LogP contribution in [0, 0.1) is 0 Å². The van der Waals surface area contributed by atoms with Crippen LogP contribution in [0.3, 0.4) is 0 Å². The van der Waals surface area contributed by atoms with Crippen molar-refractivity contribution in [3.63, 3.8) is 0 Å². The summed E-state index contributed by atoms with van der Waals surface area (Å²) in [5.41, 5.74) is 4.82. The van der Waals surface area contributed by atoms with E-state index < -0.39 is 0 Å². The molecule has 0 aliphatic heterocycles. The van der Waals surface area contributed by atoms with E-state index in [-0.39, 0.29) is 6.61 Å². The molecule has 0 saturated heterocycles. The number of fused-ring (bicyclic) bond motifs is 4. The van der Waals surface area contributed by atoms with Crippen molar-refractivity contribution in [3.05, 3.63) is 72.4 Å². The number of hydrogen-bond donors (Lipinski definition) is 1. The highest BCUT2D eigenvalue weighted by Crippen LogP contribution is 2.36. The summed E-state index contributed by atoms with van der Waals surface area (Å²) >= 11 is 0. The van der Waals surface area contributed by atoms with Gasteiger partial charge in [-0.2, -0.15) is 0 Å². The van der Waals surface area contributed by atoms with Gasteiger partial charge in [-0.3, -0.25) is 0 Å². The maximum absolute atomic E-state index is 9.79. The normalized spacial score (nSPS) is 11.5. The number of ether oxygens (including phenoxy) is 1. The van der Waals surface area contributed by atoms with Crippen LogP contribution in [0.5, 0.6) is 5.75 Å². The third-order valence-electron chi connectivity index (χ3n) is 5.42. The van der Waals surface area contributed by atoms with Gasteiger partial charge in [-0.25, -0.2) is 4.98 Å². The zero-order valence-electron chi connectivity index (χ0n) is 15.8. The second-order valence-electron chi connectivity index (χ2n) is 7.02. The molecule has 4 nitrogen and oxygen atoms in total. The number of pyridine rings is 1. The fourth-order valence-electron chi connectivity index (χ4n) is 4.03. The fraction of sp³-hybridized carbons (Fsp3) is 0.125. The second kappa shape index (κ2) is 6.36. The van der Waals surface area contributed by atoms with Crippen LogP contribution in [0.4, 0.5) is 0 Å². The van der Waals surface area contributed by atoms with E-state index in [1.165, 1.54) is 5.39 Å². The number of nitrogens with zero attached hydrogens (tertiary/aromatic N) is 2. The lowest BCUT2D eigenvalue weighted by atomic mass is 10.0. The van der Waals surface area contributed by atoms with E-state index in [1.807, 2.05) is 30.3 Å². The number of aliphatic hydroxyl groups is 1. The van der Waals surface area contributed by atoms with Crippen molar-refractivity contribution in [2.24, 2.45) is 7.05 Å². The lowest BCUT2D eigenvalue weighted by Gasteiger charge is -2.10. The van der Waals surface area contributed by atoms with Gasteiger partial charge in [0.2, 0.25) is 0 Å². The minimum absolute atomic E-state index is 0.0864. The Kier molecular flexibility index (Phi) is 3.81. The van der Waals surface area contributed by atoms with Gasteiger partial charge in [0, 0.05) is 28.9 Å². The maximum Gasteiger partial charge on any atom is 0.119 e. The Labute approximate surface area is 162 Å². The van der Waals surface area contributed by atoms with E-state index in [4.69, 9.17) is 9.72 Å². The Bertz CT molecular complexity index is 1350. The number of rotatable bonds is 3. The Morgan fingerprint density at radius 3 is 2.54 bits per heavy atom. The van der Waals surface area contributed by atoms with Gasteiger partial charge >= 0.3 is 0 Å². The van der Waals surface area contributed by atoms with E-state index in [9.17, 15) is 5.11 Å². The van der Waals surface area contributed by atoms with Crippen molar-refractivity contribution in [1.82, 2.24) is 9.55 Å². The monoisotopic (exact) mass is 368 g/mol. The van der Waals surface area contributed by atoms with Crippen LogP contribution in [0.15, 0.2) is 66.7 Å². The predicted octanol–water partition coefficient (Wildman–Crippen LogP) is 5.05. The van der Waals surface area contributed by atoms with Gasteiger partial charge in [0.05, 0.1) is 30.6 Å². The standard InChI is InChI=1S/C24H20N2O2/c1-26-22-6-4-3-5-20(22)21-13-18(14-27)25-23(24(21)26)17-8-7-16-12-19(28-2)10-9-15(16)11-17/h3-13,27H,14H2,1-2H3. The molecule has 4 heteroatoms. The van der Waals surface area contributed by atoms with E-state index in [1.54, 1.807) is 7.11 Å². The second-order valence-corrected chi connectivity index (χ2v) is 7.02. The molecule has 138 valence electrons. The van der Waals surface area contributed by atoms with E-state index >= 15 is 0 Å². The zero-order valence-corrected chi connectivity index (χ0v) is 15.8. The van der Waals surface area contributed by atoms with E-state index in [0.717, 1.165) is 44.2 Å². The fourth-order valence-corrected chi connectivity index (χ4v) is 4.03. The summed E-state index contributed by atoms with van der Waals surface area (Å²) in [6.45, 7) is -0.0864. The molecule has 28 heavy (non-hydrogen) atoms. The summed E-state index contributed by atoms with van der Waals surface area (Å²) in [4.78, 5) is 4.79. The Hall–Kier alpha value is -3.37. The molecule has 2 aromatic heterocycles. The molecule has 1 N–H and O–H groups in total. The van der Waals surface area contributed by atoms with Gasteiger partial charge < -0.3 is 14.4 Å². The lowest BCUT2D eigenvalue weighted by molar-refractivity contribution is 0.277. The highest BCUT2D eigenvalue weighted by Gasteiger charge is 2.16. The number of hydrogen-bond acceptors (Lipinski definition) is 3. The summed E-state index contributed by atoms with van der Waals surface area (Å²) in [7, 11) is 3.75. The van der Waals surface area contributed by atoms with Crippen LogP contribution < -0.4 is 4.74 Å². The molecule has 0 bridgehead atoms. The summed E-state index contributed by atoms with van der Waals surface area (Å²) in [6, 6.07) is 22.7. The van der Waals surface area contributed by atoms with E-state index in [2.05, 4.69) is 48.0 Å². The van der Waals surface area contributed by atoms with Crippen molar-refractivity contribution in [1.29, 1.82) is 0 Å². The van der Waals surface area contributed by atoms with Gasteiger partial charge in [-0.1, -0.05) is 36.4 Å². The van der Waals surface area contributed by atoms with Gasteiger partial charge in [0.15, 0.2) is 0 Å². The van der Waals surface area contributed by atoms with Gasteiger partial charge in [0.1, 0.15) is 5.75 Å². The SMILES string of the molecule is COc1ccc2cc(-c3nc(CO)cc4c5ccccc5n(C)c34)ccc2c1. The number of aromatic nitrogens is 2. The predicted molar refractivity (Wildman–Crippen MR) is 114 cm³/mol. The summed E-state index contributed by atoms with van der Waals surface area (Å²) < 4.78 is 7.52. The third-order valence-corrected chi connectivity index (χ3v) is 5.42. The van der Waals surface area contributed by atoms with Gasteiger partial charge in [0.25, 0.3) is 0 Å². The third kappa shape index (κ3) is 2.46. The smallest absolute Gasteiger partial charge is 0.119 e. The molecule has 5 rings (SSSR count). The van der Waals surface area contributed by atoms with E-state index in [0.29, 0.717) is 5.69 Å². The average Bonchev–Trinajstić information content (AvgIpc) is 3.04. The van der Waals surface area contributed by atoms with Crippen LogP contribution in [0.2, 0.25) is 0 Å². The quantitative estimate of drug-likeness (QED) is 0.485. The Morgan fingerprint density at radius 2 is 1.71 bits per heavy atom. The first-order chi connectivity index (χ1) is 13.7. The largest absolute Gasteiger partial charge is 0.497 e. The molecular formula is C24H20N2O2. The van der Waals surface area contributed by atoms with Crippen molar-refractivity contribution in [3.8, 4) is 17.0 Å². The molecule has 0 saturated carbocycles. The highest BCUT2D eigenvalue weighted by molar-refractivity contribution is 6.12. The average molecular weight is 368 g/mol. The van der Waals surface area contributed by atoms with Crippen LogP contribution in [-0.4, -0.2) is 21.8 Å². The van der Waals surface area contributed by atoms with Crippen LogP contribution in [0.25, 0.3) is 43.8 Å². The topological polar surface area (TPSA) is 47.3 Å². The minimum Gasteiger partial charge on any atom is -0.497 e. The first-order valence-electron chi connectivity index (χ1n) is 9.25. The molecule has 0 aliphatic carbocycles.